The molecule has 13 heteroatoms. The molecule has 3 aromatic rings. The van der Waals surface area contributed by atoms with Crippen LogP contribution in [0.3, 0.4) is 0 Å². The quantitative estimate of drug-likeness (QED) is 0.230. The smallest absolute Gasteiger partial charge is 0.363 e. The fourth-order valence-corrected chi connectivity index (χ4v) is 2.53. The van der Waals surface area contributed by atoms with Crippen LogP contribution in [-0.2, 0) is 4.84 Å². The van der Waals surface area contributed by atoms with Gasteiger partial charge in [-0.05, 0) is 36.4 Å². The number of nitrogens with one attached hydrogen (secondary N) is 1. The summed E-state index contributed by atoms with van der Waals surface area (Å²) in [5, 5.41) is 29.3. The Hall–Kier alpha value is -5.20. The van der Waals surface area contributed by atoms with Gasteiger partial charge in [-0.1, -0.05) is 12.1 Å². The molecule has 0 saturated heterocycles. The SMILES string of the molecule is Nc1ccccc1C(=O)N=Nc1ccc(NOC(=O)c2cc([N+](=O)[O-])cc([N+](=O)[O-])c2)cc1. The van der Waals surface area contributed by atoms with Crippen molar-refractivity contribution < 1.29 is 24.3 Å². The van der Waals surface area contributed by atoms with E-state index in [0.717, 1.165) is 18.2 Å². The molecule has 0 aromatic heterocycles. The average molecular weight is 450 g/mol. The number of anilines is 2. The van der Waals surface area contributed by atoms with Crippen LogP contribution < -0.4 is 11.2 Å². The summed E-state index contributed by atoms with van der Waals surface area (Å²) in [6.45, 7) is 0. The lowest BCUT2D eigenvalue weighted by atomic mass is 10.2. The zero-order valence-corrected chi connectivity index (χ0v) is 16.6. The summed E-state index contributed by atoms with van der Waals surface area (Å²) >= 11 is 0. The molecule has 3 rings (SSSR count). The van der Waals surface area contributed by atoms with Gasteiger partial charge in [0.05, 0.1) is 38.4 Å². The second-order valence-corrected chi connectivity index (χ2v) is 6.38. The molecule has 33 heavy (non-hydrogen) atoms. The van der Waals surface area contributed by atoms with Crippen LogP contribution in [0.25, 0.3) is 0 Å². The van der Waals surface area contributed by atoms with Crippen LogP contribution in [-0.4, -0.2) is 21.7 Å². The Morgan fingerprint density at radius 2 is 1.52 bits per heavy atom. The van der Waals surface area contributed by atoms with E-state index in [1.54, 1.807) is 18.2 Å². The number of carbonyl (C=O) groups is 2. The first-order valence-electron chi connectivity index (χ1n) is 9.06. The normalized spacial score (nSPS) is 10.5. The minimum atomic E-state index is -1.07. The van der Waals surface area contributed by atoms with Crippen LogP contribution in [0.5, 0.6) is 0 Å². The fraction of sp³-hybridized carbons (Fsp3) is 0. The van der Waals surface area contributed by atoms with Crippen LogP contribution in [0.2, 0.25) is 0 Å². The van der Waals surface area contributed by atoms with Gasteiger partial charge in [0.2, 0.25) is 0 Å². The molecule has 1 amide bonds. The first-order valence-corrected chi connectivity index (χ1v) is 9.06. The molecule has 0 unspecified atom stereocenters. The highest BCUT2D eigenvalue weighted by atomic mass is 16.7. The molecule has 0 aliphatic heterocycles. The fourth-order valence-electron chi connectivity index (χ4n) is 2.53. The number of amides is 1. The van der Waals surface area contributed by atoms with E-state index in [9.17, 15) is 29.8 Å². The van der Waals surface area contributed by atoms with Crippen LogP contribution in [0, 0.1) is 20.2 Å². The minimum absolute atomic E-state index is 0.216. The number of nitro groups is 2. The lowest BCUT2D eigenvalue weighted by Gasteiger charge is -2.07. The average Bonchev–Trinajstić information content (AvgIpc) is 2.81. The molecule has 3 N–H and O–H groups in total. The standard InChI is InChI=1S/C20H14N6O7/c21-18-4-2-1-3-17(18)19(27)23-22-13-5-7-14(8-6-13)24-33-20(28)12-9-15(25(29)30)11-16(10-12)26(31)32/h1-11,24H,21H2. The summed E-state index contributed by atoms with van der Waals surface area (Å²) in [5.74, 6) is -1.69. The summed E-state index contributed by atoms with van der Waals surface area (Å²) in [7, 11) is 0. The van der Waals surface area contributed by atoms with E-state index in [1.165, 1.54) is 30.3 Å². The van der Waals surface area contributed by atoms with Crippen LogP contribution in [0.1, 0.15) is 20.7 Å². The van der Waals surface area contributed by atoms with Crippen molar-refractivity contribution in [1.29, 1.82) is 0 Å². The van der Waals surface area contributed by atoms with Crippen molar-refractivity contribution in [1.82, 2.24) is 0 Å². The Morgan fingerprint density at radius 1 is 0.909 bits per heavy atom. The first kappa shape index (κ1) is 22.5. The third-order valence-corrected chi connectivity index (χ3v) is 4.14. The van der Waals surface area contributed by atoms with Gasteiger partial charge in [0.1, 0.15) is 0 Å². The van der Waals surface area contributed by atoms with Crippen molar-refractivity contribution in [2.45, 2.75) is 0 Å². The molecule has 0 atom stereocenters. The van der Waals surface area contributed by atoms with E-state index in [4.69, 9.17) is 10.6 Å². The Bertz CT molecular complexity index is 1240. The predicted molar refractivity (Wildman–Crippen MR) is 115 cm³/mol. The molecule has 0 bridgehead atoms. The topological polar surface area (TPSA) is 192 Å². The maximum atomic E-state index is 12.2. The van der Waals surface area contributed by atoms with Gasteiger partial charge in [0.25, 0.3) is 17.3 Å². The van der Waals surface area contributed by atoms with Crippen molar-refractivity contribution >= 4 is 40.3 Å². The van der Waals surface area contributed by atoms with Gasteiger partial charge >= 0.3 is 5.97 Å². The van der Waals surface area contributed by atoms with Crippen molar-refractivity contribution in [3.05, 3.63) is 98.1 Å². The number of hydrogen-bond acceptors (Lipinski definition) is 10. The highest BCUT2D eigenvalue weighted by Gasteiger charge is 2.21. The molecule has 0 aliphatic rings. The predicted octanol–water partition coefficient (Wildman–Crippen LogP) is 4.19. The number of nitrogens with zero attached hydrogens (tertiary/aromatic N) is 4. The van der Waals surface area contributed by atoms with E-state index in [0.29, 0.717) is 11.4 Å². The number of rotatable bonds is 7. The van der Waals surface area contributed by atoms with Gasteiger partial charge in [0, 0.05) is 17.8 Å². The summed E-state index contributed by atoms with van der Waals surface area (Å²) in [5.41, 5.74) is 7.51. The Kier molecular flexibility index (Phi) is 6.64. The Labute approximate surface area is 184 Å². The number of azo groups is 1. The number of non-ortho nitro benzene ring substituents is 2. The molecule has 13 nitrogen and oxygen atoms in total. The van der Waals surface area contributed by atoms with Crippen LogP contribution in [0.15, 0.2) is 77.0 Å². The number of benzene rings is 3. The number of nitro benzene ring substituents is 2. The van der Waals surface area contributed by atoms with E-state index < -0.39 is 33.1 Å². The van der Waals surface area contributed by atoms with Crippen molar-refractivity contribution in [3.63, 3.8) is 0 Å². The third kappa shape index (κ3) is 5.69. The molecular formula is C20H14N6O7. The Balaban J connectivity index is 1.64. The molecule has 0 heterocycles. The maximum Gasteiger partial charge on any atom is 0.363 e. The van der Waals surface area contributed by atoms with Gasteiger partial charge in [-0.2, -0.15) is 0 Å². The first-order chi connectivity index (χ1) is 15.7. The van der Waals surface area contributed by atoms with Gasteiger partial charge in [-0.3, -0.25) is 25.0 Å². The van der Waals surface area contributed by atoms with E-state index in [-0.39, 0.29) is 16.8 Å². The number of carbonyl (C=O) groups excluding carboxylic acids is 2. The molecule has 3 aromatic carbocycles. The van der Waals surface area contributed by atoms with E-state index in [2.05, 4.69) is 15.7 Å². The zero-order chi connectivity index (χ0) is 24.0. The third-order valence-electron chi connectivity index (χ3n) is 4.14. The number of nitrogen functional groups attached to an aromatic ring is 1. The molecule has 166 valence electrons. The number of para-hydroxylation sites is 1. The van der Waals surface area contributed by atoms with Crippen LogP contribution in [0.4, 0.5) is 28.4 Å². The summed E-state index contributed by atoms with van der Waals surface area (Å²) in [4.78, 5) is 49.2. The van der Waals surface area contributed by atoms with Crippen molar-refractivity contribution in [2.75, 3.05) is 11.2 Å². The van der Waals surface area contributed by atoms with Crippen molar-refractivity contribution in [3.8, 4) is 0 Å². The molecule has 0 radical (unpaired) electrons. The summed E-state index contributed by atoms with van der Waals surface area (Å²) in [6.07, 6.45) is 0. The van der Waals surface area contributed by atoms with E-state index in [1.807, 2.05) is 0 Å². The second-order valence-electron chi connectivity index (χ2n) is 6.38. The number of nitrogens with two attached hydrogens (primary N) is 1. The van der Waals surface area contributed by atoms with Gasteiger partial charge in [-0.25, -0.2) is 10.3 Å². The molecule has 0 spiro atoms. The van der Waals surface area contributed by atoms with Gasteiger partial charge in [0.15, 0.2) is 0 Å². The zero-order valence-electron chi connectivity index (χ0n) is 16.6. The molecule has 0 saturated carbocycles. The highest BCUT2D eigenvalue weighted by molar-refractivity contribution is 5.99. The summed E-state index contributed by atoms with van der Waals surface area (Å²) < 4.78 is 0. The molecule has 0 fully saturated rings. The van der Waals surface area contributed by atoms with E-state index >= 15 is 0 Å². The lowest BCUT2D eigenvalue weighted by Crippen LogP contribution is -2.11. The van der Waals surface area contributed by atoms with Crippen molar-refractivity contribution in [2.24, 2.45) is 10.2 Å². The Morgan fingerprint density at radius 3 is 2.09 bits per heavy atom. The number of hydrogen-bond donors (Lipinski definition) is 2. The lowest BCUT2D eigenvalue weighted by molar-refractivity contribution is -0.394. The van der Waals surface area contributed by atoms with Gasteiger partial charge in [-0.15, -0.1) is 10.2 Å². The molecule has 0 aliphatic carbocycles. The molecular weight excluding hydrogens is 436 g/mol. The minimum Gasteiger partial charge on any atom is -0.398 e. The maximum absolute atomic E-state index is 12.2. The highest BCUT2D eigenvalue weighted by Crippen LogP contribution is 2.24. The van der Waals surface area contributed by atoms with Crippen LogP contribution >= 0.6 is 0 Å². The van der Waals surface area contributed by atoms with Gasteiger partial charge < -0.3 is 10.6 Å². The monoisotopic (exact) mass is 450 g/mol. The second kappa shape index (κ2) is 9.74. The largest absolute Gasteiger partial charge is 0.398 e. The summed E-state index contributed by atoms with van der Waals surface area (Å²) in [6, 6.07) is 14.7.